The van der Waals surface area contributed by atoms with Gasteiger partial charge in [0, 0.05) is 0 Å². The molecule has 0 amide bonds. The smallest absolute Gasteiger partial charge is 0.317 e. The lowest BCUT2D eigenvalue weighted by Crippen LogP contribution is -2.16. The fourth-order valence-electron chi connectivity index (χ4n) is 0.740. The van der Waals surface area contributed by atoms with E-state index in [0.29, 0.717) is 0 Å². The van der Waals surface area contributed by atoms with Gasteiger partial charge in [-0.3, -0.25) is 4.79 Å². The van der Waals surface area contributed by atoms with E-state index in [4.69, 9.17) is 5.11 Å². The zero-order valence-electron chi connectivity index (χ0n) is 6.84. The third-order valence-electron chi connectivity index (χ3n) is 1.24. The van der Waals surface area contributed by atoms with E-state index in [9.17, 15) is 4.79 Å². The van der Waals surface area contributed by atoms with E-state index in [-0.39, 0.29) is 6.54 Å². The largest absolute Gasteiger partial charge is 0.480 e. The summed E-state index contributed by atoms with van der Waals surface area (Å²) in [6, 6.07) is 0. The molecular weight excluding hydrogens is 142 g/mol. The SMILES string of the molecule is C1=CCCC1.CNCC(=O)O. The van der Waals surface area contributed by atoms with Crippen molar-refractivity contribution < 1.29 is 9.90 Å². The highest BCUT2D eigenvalue weighted by Crippen LogP contribution is 2.05. The van der Waals surface area contributed by atoms with Gasteiger partial charge >= 0.3 is 5.97 Å². The van der Waals surface area contributed by atoms with Gasteiger partial charge < -0.3 is 10.4 Å². The molecule has 0 saturated carbocycles. The van der Waals surface area contributed by atoms with Crippen LogP contribution >= 0.6 is 0 Å². The highest BCUT2D eigenvalue weighted by Gasteiger charge is 1.86. The highest BCUT2D eigenvalue weighted by atomic mass is 16.4. The lowest BCUT2D eigenvalue weighted by Gasteiger charge is -1.84. The normalized spacial score (nSPS) is 13.9. The number of allylic oxidation sites excluding steroid dienone is 2. The minimum atomic E-state index is -0.822. The molecule has 1 aliphatic carbocycles. The zero-order valence-corrected chi connectivity index (χ0v) is 6.84. The Bertz CT molecular complexity index is 126. The fourth-order valence-corrected chi connectivity index (χ4v) is 0.740. The molecule has 0 aromatic carbocycles. The molecule has 0 heterocycles. The van der Waals surface area contributed by atoms with E-state index in [1.165, 1.54) is 19.3 Å². The summed E-state index contributed by atoms with van der Waals surface area (Å²) < 4.78 is 0. The fraction of sp³-hybridized carbons (Fsp3) is 0.625. The van der Waals surface area contributed by atoms with Crippen molar-refractivity contribution >= 4 is 5.97 Å². The average Bonchev–Trinajstić information content (AvgIpc) is 2.41. The van der Waals surface area contributed by atoms with Gasteiger partial charge in [0.05, 0.1) is 6.54 Å². The van der Waals surface area contributed by atoms with Crippen LogP contribution in [0.15, 0.2) is 12.2 Å². The van der Waals surface area contributed by atoms with Gasteiger partial charge in [-0.05, 0) is 26.3 Å². The Morgan fingerprint density at radius 2 is 2.09 bits per heavy atom. The molecule has 0 atom stereocenters. The second-order valence-electron chi connectivity index (χ2n) is 2.33. The number of hydrogen-bond acceptors (Lipinski definition) is 2. The van der Waals surface area contributed by atoms with Gasteiger partial charge in [0.1, 0.15) is 0 Å². The standard InChI is InChI=1S/C5H8.C3H7NO2/c1-2-4-5-3-1;1-4-2-3(5)6/h1-2H,3-5H2;4H,2H2,1H3,(H,5,6). The van der Waals surface area contributed by atoms with Crippen molar-refractivity contribution in [3.8, 4) is 0 Å². The molecule has 3 heteroatoms. The van der Waals surface area contributed by atoms with E-state index < -0.39 is 5.97 Å². The first-order valence-electron chi connectivity index (χ1n) is 3.78. The molecule has 0 aromatic heterocycles. The van der Waals surface area contributed by atoms with Gasteiger partial charge in [0.25, 0.3) is 0 Å². The lowest BCUT2D eigenvalue weighted by atomic mass is 10.4. The first kappa shape index (κ1) is 10.2. The Morgan fingerprint density at radius 3 is 2.18 bits per heavy atom. The van der Waals surface area contributed by atoms with Crippen LogP contribution in [-0.2, 0) is 4.79 Å². The number of rotatable bonds is 2. The number of carboxylic acid groups (broad SMARTS) is 1. The van der Waals surface area contributed by atoms with Gasteiger partial charge in [0.15, 0.2) is 0 Å². The second kappa shape index (κ2) is 7.28. The topological polar surface area (TPSA) is 49.3 Å². The maximum atomic E-state index is 9.54. The van der Waals surface area contributed by atoms with E-state index >= 15 is 0 Å². The van der Waals surface area contributed by atoms with Gasteiger partial charge in [-0.1, -0.05) is 12.2 Å². The summed E-state index contributed by atoms with van der Waals surface area (Å²) in [5.41, 5.74) is 0. The van der Waals surface area contributed by atoms with Crippen molar-refractivity contribution in [2.24, 2.45) is 0 Å². The molecule has 0 unspecified atom stereocenters. The van der Waals surface area contributed by atoms with E-state index in [2.05, 4.69) is 17.5 Å². The number of hydrogen-bond donors (Lipinski definition) is 2. The molecular formula is C8H15NO2. The number of carboxylic acids is 1. The monoisotopic (exact) mass is 157 g/mol. The molecule has 2 N–H and O–H groups in total. The Balaban J connectivity index is 0.000000183. The van der Waals surface area contributed by atoms with Gasteiger partial charge in [-0.15, -0.1) is 0 Å². The molecule has 11 heavy (non-hydrogen) atoms. The predicted octanol–water partition coefficient (Wildman–Crippen LogP) is 1.02. The lowest BCUT2D eigenvalue weighted by molar-refractivity contribution is -0.135. The Labute approximate surface area is 67.1 Å². The summed E-state index contributed by atoms with van der Waals surface area (Å²) in [6.45, 7) is 0.0417. The maximum absolute atomic E-state index is 9.54. The van der Waals surface area contributed by atoms with Crippen molar-refractivity contribution in [3.05, 3.63) is 12.2 Å². The quantitative estimate of drug-likeness (QED) is 0.588. The molecule has 1 rings (SSSR count). The maximum Gasteiger partial charge on any atom is 0.317 e. The van der Waals surface area contributed by atoms with Crippen LogP contribution in [0.1, 0.15) is 19.3 Å². The number of likely N-dealkylation sites (N-methyl/N-ethyl adjacent to an activating group) is 1. The zero-order chi connectivity index (χ0) is 8.53. The third kappa shape index (κ3) is 9.17. The van der Waals surface area contributed by atoms with Crippen LogP contribution in [0.2, 0.25) is 0 Å². The van der Waals surface area contributed by atoms with Gasteiger partial charge in [-0.2, -0.15) is 0 Å². The molecule has 3 nitrogen and oxygen atoms in total. The van der Waals surface area contributed by atoms with Gasteiger partial charge in [0.2, 0.25) is 0 Å². The first-order chi connectivity index (χ1) is 5.27. The van der Waals surface area contributed by atoms with Crippen molar-refractivity contribution in [1.29, 1.82) is 0 Å². The summed E-state index contributed by atoms with van der Waals surface area (Å²) >= 11 is 0. The molecule has 0 bridgehead atoms. The Kier molecular flexibility index (Phi) is 6.73. The third-order valence-corrected chi connectivity index (χ3v) is 1.24. The van der Waals surface area contributed by atoms with Crippen molar-refractivity contribution in [1.82, 2.24) is 5.32 Å². The van der Waals surface area contributed by atoms with Crippen LogP contribution < -0.4 is 5.32 Å². The molecule has 64 valence electrons. The van der Waals surface area contributed by atoms with Crippen molar-refractivity contribution in [3.63, 3.8) is 0 Å². The summed E-state index contributed by atoms with van der Waals surface area (Å²) in [5, 5.41) is 10.3. The van der Waals surface area contributed by atoms with E-state index in [0.717, 1.165) is 0 Å². The Hall–Kier alpha value is -0.830. The van der Waals surface area contributed by atoms with Crippen LogP contribution in [0.4, 0.5) is 0 Å². The predicted molar refractivity (Wildman–Crippen MR) is 44.6 cm³/mol. The first-order valence-corrected chi connectivity index (χ1v) is 3.78. The van der Waals surface area contributed by atoms with Crippen LogP contribution in [0, 0.1) is 0 Å². The number of aliphatic carboxylic acids is 1. The highest BCUT2D eigenvalue weighted by molar-refractivity contribution is 5.68. The second-order valence-corrected chi connectivity index (χ2v) is 2.33. The Morgan fingerprint density at radius 1 is 1.55 bits per heavy atom. The molecule has 0 aliphatic heterocycles. The summed E-state index contributed by atoms with van der Waals surface area (Å²) in [4.78, 5) is 9.54. The van der Waals surface area contributed by atoms with E-state index in [1.54, 1.807) is 7.05 Å². The average molecular weight is 157 g/mol. The van der Waals surface area contributed by atoms with Crippen molar-refractivity contribution in [2.45, 2.75) is 19.3 Å². The van der Waals surface area contributed by atoms with Gasteiger partial charge in [-0.25, -0.2) is 0 Å². The molecule has 0 fully saturated rings. The number of nitrogens with one attached hydrogen (secondary N) is 1. The summed E-state index contributed by atoms with van der Waals surface area (Å²) in [6.07, 6.45) is 8.50. The minimum absolute atomic E-state index is 0.0417. The summed E-state index contributed by atoms with van der Waals surface area (Å²) in [7, 11) is 1.59. The van der Waals surface area contributed by atoms with Crippen molar-refractivity contribution in [2.75, 3.05) is 13.6 Å². The minimum Gasteiger partial charge on any atom is -0.480 e. The van der Waals surface area contributed by atoms with E-state index in [1.807, 2.05) is 0 Å². The van der Waals surface area contributed by atoms with Crippen LogP contribution in [0.5, 0.6) is 0 Å². The number of carbonyl (C=O) groups is 1. The van der Waals surface area contributed by atoms with Crippen LogP contribution in [0.3, 0.4) is 0 Å². The van der Waals surface area contributed by atoms with Crippen LogP contribution in [-0.4, -0.2) is 24.7 Å². The molecule has 0 radical (unpaired) electrons. The molecule has 0 spiro atoms. The van der Waals surface area contributed by atoms with Crippen LogP contribution in [0.25, 0.3) is 0 Å². The molecule has 0 saturated heterocycles. The molecule has 0 aromatic rings. The summed E-state index contributed by atoms with van der Waals surface area (Å²) in [5.74, 6) is -0.822. The molecule has 1 aliphatic rings.